The average Bonchev–Trinajstić information content (AvgIpc) is 3.29. The highest BCUT2D eigenvalue weighted by atomic mass is 19.1. The minimum Gasteiger partial charge on any atom is -0.490 e. The summed E-state index contributed by atoms with van der Waals surface area (Å²) in [6.45, 7) is 10.8. The molecule has 172 valence electrons. The van der Waals surface area contributed by atoms with E-state index in [0.29, 0.717) is 19.6 Å². The molecule has 1 atom stereocenters. The van der Waals surface area contributed by atoms with Crippen LogP contribution in [0.1, 0.15) is 41.4 Å². The second kappa shape index (κ2) is 9.83. The number of benzene rings is 1. The maximum Gasteiger partial charge on any atom is 0.165 e. The van der Waals surface area contributed by atoms with Gasteiger partial charge < -0.3 is 9.47 Å². The van der Waals surface area contributed by atoms with Crippen molar-refractivity contribution in [2.24, 2.45) is 7.05 Å². The molecule has 1 aliphatic heterocycles. The maximum atomic E-state index is 13.7. The van der Waals surface area contributed by atoms with Crippen LogP contribution in [0.3, 0.4) is 0 Å². The minimum atomic E-state index is -0.344. The summed E-state index contributed by atoms with van der Waals surface area (Å²) in [5.41, 5.74) is 5.61. The smallest absolute Gasteiger partial charge is 0.165 e. The van der Waals surface area contributed by atoms with E-state index < -0.39 is 0 Å². The predicted octanol–water partition coefficient (Wildman–Crippen LogP) is 3.59. The first-order chi connectivity index (χ1) is 15.5. The monoisotopic (exact) mass is 441 g/mol. The van der Waals surface area contributed by atoms with Crippen LogP contribution in [0.25, 0.3) is 0 Å². The third kappa shape index (κ3) is 4.86. The summed E-state index contributed by atoms with van der Waals surface area (Å²) >= 11 is 0. The van der Waals surface area contributed by atoms with Crippen LogP contribution in [-0.4, -0.2) is 50.8 Å². The van der Waals surface area contributed by atoms with Crippen LogP contribution in [0.2, 0.25) is 0 Å². The highest BCUT2D eigenvalue weighted by molar-refractivity contribution is 5.25. The van der Waals surface area contributed by atoms with Crippen LogP contribution in [-0.2, 0) is 31.3 Å². The molecule has 3 aromatic rings. The van der Waals surface area contributed by atoms with Gasteiger partial charge in [-0.05, 0) is 39.0 Å². The topological polar surface area (TPSA) is 57.3 Å². The van der Waals surface area contributed by atoms with Gasteiger partial charge in [-0.1, -0.05) is 12.1 Å². The number of hydrogen-bond acceptors (Lipinski definition) is 5. The standard InChI is InChI=1S/C24H32FN5O2/c1-5-30-18(3)20(17(2)26-30)15-29-11-13-32-24(16-29)22-14-19(28(4)27-22)10-12-31-23-9-7-6-8-21(23)25/h6-9,14,24H,5,10-13,15-16H2,1-4H3/t24-/m1/s1. The van der Waals surface area contributed by atoms with Gasteiger partial charge in [0.15, 0.2) is 11.6 Å². The molecule has 1 saturated heterocycles. The second-order valence-corrected chi connectivity index (χ2v) is 8.27. The summed E-state index contributed by atoms with van der Waals surface area (Å²) in [5, 5.41) is 9.34. The predicted molar refractivity (Wildman–Crippen MR) is 120 cm³/mol. The van der Waals surface area contributed by atoms with Crippen molar-refractivity contribution in [3.05, 3.63) is 64.5 Å². The van der Waals surface area contributed by atoms with E-state index in [-0.39, 0.29) is 17.7 Å². The van der Waals surface area contributed by atoms with Gasteiger partial charge >= 0.3 is 0 Å². The van der Waals surface area contributed by atoms with Crippen molar-refractivity contribution in [2.75, 3.05) is 26.3 Å². The largest absolute Gasteiger partial charge is 0.490 e. The molecule has 0 saturated carbocycles. The zero-order valence-electron chi connectivity index (χ0n) is 19.3. The van der Waals surface area contributed by atoms with Gasteiger partial charge in [-0.3, -0.25) is 14.3 Å². The SMILES string of the molecule is CCn1nc(C)c(CN2CCO[C@@H](c3cc(CCOc4ccccc4F)n(C)n3)C2)c1C. The van der Waals surface area contributed by atoms with Gasteiger partial charge in [0, 0.05) is 56.6 Å². The van der Waals surface area contributed by atoms with Crippen molar-refractivity contribution in [3.8, 4) is 5.75 Å². The second-order valence-electron chi connectivity index (χ2n) is 8.27. The lowest BCUT2D eigenvalue weighted by atomic mass is 10.1. The summed E-state index contributed by atoms with van der Waals surface area (Å²) in [7, 11) is 1.92. The quantitative estimate of drug-likeness (QED) is 0.535. The summed E-state index contributed by atoms with van der Waals surface area (Å²) in [5.74, 6) is -0.0676. The maximum absolute atomic E-state index is 13.7. The fourth-order valence-corrected chi connectivity index (χ4v) is 4.27. The van der Waals surface area contributed by atoms with Crippen molar-refractivity contribution in [1.29, 1.82) is 0 Å². The number of aromatic nitrogens is 4. The number of aryl methyl sites for hydroxylation is 3. The molecule has 0 amide bonds. The zero-order valence-corrected chi connectivity index (χ0v) is 19.3. The van der Waals surface area contributed by atoms with Crippen molar-refractivity contribution >= 4 is 0 Å². The summed E-state index contributed by atoms with van der Waals surface area (Å²) < 4.78 is 29.3. The van der Waals surface area contributed by atoms with Gasteiger partial charge in [0.2, 0.25) is 0 Å². The number of ether oxygens (including phenoxy) is 2. The van der Waals surface area contributed by atoms with Crippen LogP contribution in [0.15, 0.2) is 30.3 Å². The number of nitrogens with zero attached hydrogens (tertiary/aromatic N) is 5. The fourth-order valence-electron chi connectivity index (χ4n) is 4.27. The number of para-hydroxylation sites is 1. The molecule has 32 heavy (non-hydrogen) atoms. The molecule has 0 aliphatic carbocycles. The molecule has 8 heteroatoms. The normalized spacial score (nSPS) is 17.1. The van der Waals surface area contributed by atoms with Crippen molar-refractivity contribution in [1.82, 2.24) is 24.5 Å². The lowest BCUT2D eigenvalue weighted by Crippen LogP contribution is -2.38. The van der Waals surface area contributed by atoms with E-state index >= 15 is 0 Å². The van der Waals surface area contributed by atoms with Crippen LogP contribution in [0.4, 0.5) is 4.39 Å². The highest BCUT2D eigenvalue weighted by Crippen LogP contribution is 2.25. The van der Waals surface area contributed by atoms with E-state index in [1.807, 2.05) is 11.7 Å². The number of rotatable bonds is 8. The third-order valence-corrected chi connectivity index (χ3v) is 6.14. The number of hydrogen-bond donors (Lipinski definition) is 0. The molecule has 0 N–H and O–H groups in total. The Hall–Kier alpha value is -2.71. The zero-order chi connectivity index (χ0) is 22.7. The van der Waals surface area contributed by atoms with Crippen molar-refractivity contribution in [3.63, 3.8) is 0 Å². The Kier molecular flexibility index (Phi) is 6.91. The van der Waals surface area contributed by atoms with Crippen LogP contribution >= 0.6 is 0 Å². The van der Waals surface area contributed by atoms with Gasteiger partial charge in [0.25, 0.3) is 0 Å². The van der Waals surface area contributed by atoms with Gasteiger partial charge in [-0.25, -0.2) is 4.39 Å². The van der Waals surface area contributed by atoms with Crippen LogP contribution < -0.4 is 4.74 Å². The Morgan fingerprint density at radius 3 is 2.78 bits per heavy atom. The Morgan fingerprint density at radius 1 is 1.22 bits per heavy atom. The van der Waals surface area contributed by atoms with Gasteiger partial charge in [-0.15, -0.1) is 0 Å². The van der Waals surface area contributed by atoms with E-state index in [1.165, 1.54) is 17.3 Å². The summed E-state index contributed by atoms with van der Waals surface area (Å²) in [6, 6.07) is 8.54. The lowest BCUT2D eigenvalue weighted by molar-refractivity contribution is -0.0353. The van der Waals surface area contributed by atoms with Crippen LogP contribution in [0, 0.1) is 19.7 Å². The molecule has 1 fully saturated rings. The van der Waals surface area contributed by atoms with Gasteiger partial charge in [-0.2, -0.15) is 10.2 Å². The van der Waals surface area contributed by atoms with E-state index in [2.05, 4.69) is 41.5 Å². The Balaban J connectivity index is 1.37. The first-order valence-corrected chi connectivity index (χ1v) is 11.2. The fraction of sp³-hybridized carbons (Fsp3) is 0.500. The first-order valence-electron chi connectivity index (χ1n) is 11.2. The molecule has 0 radical (unpaired) electrons. The molecule has 3 heterocycles. The van der Waals surface area contributed by atoms with Crippen molar-refractivity contribution < 1.29 is 13.9 Å². The van der Waals surface area contributed by atoms with E-state index in [4.69, 9.17) is 14.6 Å². The number of morpholine rings is 1. The minimum absolute atomic E-state index is 0.0713. The lowest BCUT2D eigenvalue weighted by Gasteiger charge is -2.32. The van der Waals surface area contributed by atoms with Gasteiger partial charge in [0.05, 0.1) is 24.6 Å². The molecule has 7 nitrogen and oxygen atoms in total. The molecule has 1 aliphatic rings. The average molecular weight is 442 g/mol. The van der Waals surface area contributed by atoms with Crippen molar-refractivity contribution in [2.45, 2.75) is 46.4 Å². The Bertz CT molecular complexity index is 1060. The molecular weight excluding hydrogens is 409 g/mol. The van der Waals surface area contributed by atoms with E-state index in [9.17, 15) is 4.39 Å². The third-order valence-electron chi connectivity index (χ3n) is 6.14. The molecule has 0 bridgehead atoms. The Labute approximate surface area is 188 Å². The van der Waals surface area contributed by atoms with Gasteiger partial charge in [0.1, 0.15) is 6.10 Å². The molecule has 0 spiro atoms. The molecule has 1 aromatic carbocycles. The summed E-state index contributed by atoms with van der Waals surface area (Å²) in [4.78, 5) is 2.42. The molecule has 0 unspecified atom stereocenters. The molecular formula is C24H32FN5O2. The highest BCUT2D eigenvalue weighted by Gasteiger charge is 2.26. The molecule has 4 rings (SSSR count). The van der Waals surface area contributed by atoms with Crippen LogP contribution in [0.5, 0.6) is 5.75 Å². The Morgan fingerprint density at radius 2 is 2.03 bits per heavy atom. The molecule has 2 aromatic heterocycles. The van der Waals surface area contributed by atoms with E-state index in [1.54, 1.807) is 18.2 Å². The number of halogens is 1. The summed E-state index contributed by atoms with van der Waals surface area (Å²) in [6.07, 6.45) is 0.570. The first kappa shape index (κ1) is 22.5. The van der Waals surface area contributed by atoms with E-state index in [0.717, 1.165) is 43.3 Å².